The van der Waals surface area contributed by atoms with Crippen LogP contribution in [0.15, 0.2) is 0 Å². The maximum Gasteiger partial charge on any atom is 0.197 e. The zero-order valence-corrected chi connectivity index (χ0v) is 10.7. The van der Waals surface area contributed by atoms with Gasteiger partial charge in [-0.3, -0.25) is 0 Å². The number of nitrogens with zero attached hydrogens (tertiary/aromatic N) is 1. The zero-order valence-electron chi connectivity index (χ0n) is 9.88. The summed E-state index contributed by atoms with van der Waals surface area (Å²) in [5.74, 6) is 1.21. The molecule has 0 saturated heterocycles. The van der Waals surface area contributed by atoms with Crippen LogP contribution in [0.3, 0.4) is 0 Å². The van der Waals surface area contributed by atoms with Gasteiger partial charge in [-0.1, -0.05) is 13.3 Å². The Bertz CT molecular complexity index is 360. The van der Waals surface area contributed by atoms with E-state index in [1.165, 1.54) is 30.8 Å². The van der Waals surface area contributed by atoms with E-state index in [1.807, 2.05) is 6.92 Å². The van der Waals surface area contributed by atoms with E-state index in [0.29, 0.717) is 17.8 Å². The van der Waals surface area contributed by atoms with E-state index in [1.54, 1.807) is 0 Å². The van der Waals surface area contributed by atoms with Crippen LogP contribution in [0.5, 0.6) is 5.75 Å². The molecule has 1 saturated carbocycles. The molecular formula is C11H19N3OS. The summed E-state index contributed by atoms with van der Waals surface area (Å²) in [5, 5.41) is 4.38. The van der Waals surface area contributed by atoms with Crippen molar-refractivity contribution in [1.82, 2.24) is 4.37 Å². The number of rotatable bonds is 5. The first-order valence-electron chi connectivity index (χ1n) is 5.76. The highest BCUT2D eigenvalue weighted by atomic mass is 32.1. The summed E-state index contributed by atoms with van der Waals surface area (Å²) in [7, 11) is 0. The summed E-state index contributed by atoms with van der Waals surface area (Å²) in [4.78, 5) is 0. The molecule has 0 bridgehead atoms. The predicted molar refractivity (Wildman–Crippen MR) is 68.1 cm³/mol. The van der Waals surface area contributed by atoms with E-state index in [0.717, 1.165) is 17.3 Å². The number of anilines is 2. The highest BCUT2D eigenvalue weighted by molar-refractivity contribution is 7.11. The highest BCUT2D eigenvalue weighted by Gasteiger charge is 2.31. The van der Waals surface area contributed by atoms with Crippen LogP contribution in [-0.2, 0) is 0 Å². The lowest BCUT2D eigenvalue weighted by atomic mass is 9.70. The Balaban J connectivity index is 1.98. The van der Waals surface area contributed by atoms with Gasteiger partial charge in [-0.25, -0.2) is 0 Å². The Kier molecular flexibility index (Phi) is 3.23. The molecule has 3 N–H and O–H groups in total. The third-order valence-electron chi connectivity index (χ3n) is 3.20. The smallest absolute Gasteiger partial charge is 0.197 e. The lowest BCUT2D eigenvalue weighted by molar-refractivity contribution is 0.180. The molecule has 1 aliphatic carbocycles. The fraction of sp³-hybridized carbons (Fsp3) is 0.727. The third kappa shape index (κ3) is 2.24. The maximum atomic E-state index is 5.75. The number of nitrogens with one attached hydrogen (secondary N) is 1. The second-order valence-electron chi connectivity index (χ2n) is 4.68. The molecule has 1 aliphatic rings. The van der Waals surface area contributed by atoms with E-state index in [4.69, 9.17) is 10.5 Å². The summed E-state index contributed by atoms with van der Waals surface area (Å²) in [6.45, 7) is 5.87. The first-order chi connectivity index (χ1) is 7.64. The average molecular weight is 241 g/mol. The van der Waals surface area contributed by atoms with E-state index in [-0.39, 0.29) is 0 Å². The Hall–Kier alpha value is -0.970. The van der Waals surface area contributed by atoms with Crippen molar-refractivity contribution in [2.24, 2.45) is 5.41 Å². The zero-order chi connectivity index (χ0) is 11.6. The molecule has 0 aliphatic heterocycles. The molecule has 0 spiro atoms. The van der Waals surface area contributed by atoms with Gasteiger partial charge in [0.2, 0.25) is 0 Å². The van der Waals surface area contributed by atoms with Gasteiger partial charge >= 0.3 is 0 Å². The summed E-state index contributed by atoms with van der Waals surface area (Å²) in [6.07, 6.45) is 3.96. The standard InChI is InChI=1S/C11H19N3OS/c1-3-15-8-9(12)14-16-10(8)13-7-11(2)5-4-6-11/h13H,3-7H2,1-2H3,(H2,12,14). The molecule has 1 heterocycles. The molecule has 2 rings (SSSR count). The number of nitrogens with two attached hydrogens (primary N) is 1. The van der Waals surface area contributed by atoms with Crippen molar-refractivity contribution in [2.75, 3.05) is 24.2 Å². The van der Waals surface area contributed by atoms with Gasteiger partial charge in [0.05, 0.1) is 6.61 Å². The number of nitrogen functional groups attached to an aromatic ring is 1. The Labute approximate surface area is 100 Å². The van der Waals surface area contributed by atoms with Gasteiger partial charge in [0, 0.05) is 6.54 Å². The quantitative estimate of drug-likeness (QED) is 0.832. The van der Waals surface area contributed by atoms with Gasteiger partial charge in [0.1, 0.15) is 0 Å². The first kappa shape index (κ1) is 11.5. The van der Waals surface area contributed by atoms with Crippen LogP contribution in [0.25, 0.3) is 0 Å². The molecule has 1 fully saturated rings. The fourth-order valence-electron chi connectivity index (χ4n) is 1.94. The molecule has 0 aromatic carbocycles. The molecule has 90 valence electrons. The highest BCUT2D eigenvalue weighted by Crippen LogP contribution is 2.42. The molecule has 1 aromatic rings. The van der Waals surface area contributed by atoms with E-state index >= 15 is 0 Å². The van der Waals surface area contributed by atoms with Crippen molar-refractivity contribution < 1.29 is 4.74 Å². The van der Waals surface area contributed by atoms with Gasteiger partial charge in [0.15, 0.2) is 16.6 Å². The normalized spacial score (nSPS) is 17.9. The lowest BCUT2D eigenvalue weighted by Gasteiger charge is -2.38. The van der Waals surface area contributed by atoms with Gasteiger partial charge in [0.25, 0.3) is 0 Å². The fourth-order valence-corrected chi connectivity index (χ4v) is 2.60. The van der Waals surface area contributed by atoms with Gasteiger partial charge in [-0.2, -0.15) is 4.37 Å². The Morgan fingerprint density at radius 1 is 1.56 bits per heavy atom. The molecular weight excluding hydrogens is 222 g/mol. The summed E-state index contributed by atoms with van der Waals surface area (Å²) in [6, 6.07) is 0. The average Bonchev–Trinajstić information content (AvgIpc) is 2.56. The minimum absolute atomic E-state index is 0.447. The summed E-state index contributed by atoms with van der Waals surface area (Å²) in [5.41, 5.74) is 6.19. The van der Waals surface area contributed by atoms with Crippen molar-refractivity contribution in [2.45, 2.75) is 33.1 Å². The van der Waals surface area contributed by atoms with Crippen molar-refractivity contribution in [3.8, 4) is 5.75 Å². The molecule has 0 unspecified atom stereocenters. The van der Waals surface area contributed by atoms with Crippen molar-refractivity contribution in [1.29, 1.82) is 0 Å². The van der Waals surface area contributed by atoms with Gasteiger partial charge in [-0.15, -0.1) is 0 Å². The number of aromatic nitrogens is 1. The van der Waals surface area contributed by atoms with E-state index in [2.05, 4.69) is 16.6 Å². The molecule has 0 radical (unpaired) electrons. The largest absolute Gasteiger partial charge is 0.487 e. The Morgan fingerprint density at radius 2 is 2.31 bits per heavy atom. The van der Waals surface area contributed by atoms with Crippen molar-refractivity contribution in [3.05, 3.63) is 0 Å². The summed E-state index contributed by atoms with van der Waals surface area (Å²) >= 11 is 1.38. The lowest BCUT2D eigenvalue weighted by Crippen LogP contribution is -2.33. The minimum Gasteiger partial charge on any atom is -0.487 e. The van der Waals surface area contributed by atoms with Crippen LogP contribution < -0.4 is 15.8 Å². The molecule has 4 nitrogen and oxygen atoms in total. The van der Waals surface area contributed by atoms with Crippen LogP contribution in [-0.4, -0.2) is 17.5 Å². The molecule has 0 amide bonds. The first-order valence-corrected chi connectivity index (χ1v) is 6.54. The van der Waals surface area contributed by atoms with E-state index < -0.39 is 0 Å². The number of hydrogen-bond acceptors (Lipinski definition) is 5. The molecule has 0 atom stereocenters. The number of hydrogen-bond donors (Lipinski definition) is 2. The molecule has 16 heavy (non-hydrogen) atoms. The van der Waals surface area contributed by atoms with Crippen LogP contribution in [0.4, 0.5) is 10.8 Å². The SMILES string of the molecule is CCOc1c(N)nsc1NCC1(C)CCC1. The number of ether oxygens (including phenoxy) is 1. The van der Waals surface area contributed by atoms with Crippen LogP contribution in [0.2, 0.25) is 0 Å². The van der Waals surface area contributed by atoms with Crippen LogP contribution in [0.1, 0.15) is 33.1 Å². The molecule has 1 aromatic heterocycles. The van der Waals surface area contributed by atoms with Gasteiger partial charge in [-0.05, 0) is 36.7 Å². The van der Waals surface area contributed by atoms with Crippen LogP contribution >= 0.6 is 11.5 Å². The van der Waals surface area contributed by atoms with Gasteiger partial charge < -0.3 is 15.8 Å². The second kappa shape index (κ2) is 4.49. The monoisotopic (exact) mass is 241 g/mol. The van der Waals surface area contributed by atoms with E-state index in [9.17, 15) is 0 Å². The Morgan fingerprint density at radius 3 is 2.88 bits per heavy atom. The van der Waals surface area contributed by atoms with Crippen molar-refractivity contribution in [3.63, 3.8) is 0 Å². The third-order valence-corrected chi connectivity index (χ3v) is 4.00. The van der Waals surface area contributed by atoms with Crippen molar-refractivity contribution >= 4 is 22.4 Å². The molecule has 5 heteroatoms. The predicted octanol–water partition coefficient (Wildman–Crippen LogP) is 2.73. The maximum absolute atomic E-state index is 5.75. The topological polar surface area (TPSA) is 60.2 Å². The second-order valence-corrected chi connectivity index (χ2v) is 5.45. The van der Waals surface area contributed by atoms with Crippen LogP contribution in [0, 0.1) is 5.41 Å². The summed E-state index contributed by atoms with van der Waals surface area (Å²) < 4.78 is 9.60. The minimum atomic E-state index is 0.447.